The number of nitrogens with one attached hydrogen (secondary N) is 1. The molecule has 0 saturated carbocycles. The van der Waals surface area contributed by atoms with Crippen molar-refractivity contribution in [3.63, 3.8) is 0 Å². The van der Waals surface area contributed by atoms with Crippen LogP contribution in [0.5, 0.6) is 0 Å². The van der Waals surface area contributed by atoms with E-state index in [1.165, 1.54) is 0 Å². The predicted molar refractivity (Wildman–Crippen MR) is 81.2 cm³/mol. The number of halogens is 1. The minimum atomic E-state index is 0.00444. The van der Waals surface area contributed by atoms with E-state index in [2.05, 4.69) is 31.2 Å². The fraction of sp³-hybridized carbons (Fsp3) is 0.533. The number of aryl methyl sites for hydroxylation is 1. The molecule has 0 aliphatic heterocycles. The summed E-state index contributed by atoms with van der Waals surface area (Å²) in [7, 11) is 0. The first-order valence-electron chi connectivity index (χ1n) is 7.05. The molecule has 4 nitrogen and oxygen atoms in total. The molecule has 0 aliphatic rings. The lowest BCUT2D eigenvalue weighted by Crippen LogP contribution is -2.26. The molecule has 0 amide bonds. The van der Waals surface area contributed by atoms with Crippen molar-refractivity contribution in [3.8, 4) is 0 Å². The minimum absolute atomic E-state index is 0.00444. The van der Waals surface area contributed by atoms with Gasteiger partial charge in [-0.05, 0) is 39.8 Å². The summed E-state index contributed by atoms with van der Waals surface area (Å²) in [4.78, 5) is 0. The van der Waals surface area contributed by atoms with Gasteiger partial charge in [-0.15, -0.1) is 0 Å². The summed E-state index contributed by atoms with van der Waals surface area (Å²) in [5, 5.41) is 8.61. The van der Waals surface area contributed by atoms with Crippen LogP contribution >= 0.6 is 11.6 Å². The lowest BCUT2D eigenvalue weighted by molar-refractivity contribution is 0.468. The van der Waals surface area contributed by atoms with E-state index in [1.807, 2.05) is 17.7 Å². The number of hydrogen-bond acceptors (Lipinski definition) is 3. The maximum atomic E-state index is 6.37. The highest BCUT2D eigenvalue weighted by Crippen LogP contribution is 2.31. The summed E-state index contributed by atoms with van der Waals surface area (Å²) in [6, 6.07) is 2.31. The first-order chi connectivity index (χ1) is 9.54. The molecule has 20 heavy (non-hydrogen) atoms. The largest absolute Gasteiger partial charge is 0.469 e. The van der Waals surface area contributed by atoms with E-state index in [0.29, 0.717) is 5.02 Å². The normalized spacial score (nSPS) is 13.1. The van der Waals surface area contributed by atoms with Crippen molar-refractivity contribution in [2.24, 2.45) is 0 Å². The van der Waals surface area contributed by atoms with E-state index >= 15 is 0 Å². The van der Waals surface area contributed by atoms with Crippen LogP contribution in [-0.4, -0.2) is 16.3 Å². The Hall–Kier alpha value is -1.26. The van der Waals surface area contributed by atoms with Gasteiger partial charge < -0.3 is 9.73 Å². The Morgan fingerprint density at radius 2 is 2.20 bits per heavy atom. The fourth-order valence-corrected chi connectivity index (χ4v) is 2.55. The Kier molecular flexibility index (Phi) is 4.89. The molecule has 0 saturated heterocycles. The van der Waals surface area contributed by atoms with Crippen LogP contribution in [0.1, 0.15) is 56.3 Å². The van der Waals surface area contributed by atoms with Crippen LogP contribution in [-0.2, 0) is 0 Å². The van der Waals surface area contributed by atoms with Gasteiger partial charge in [0.15, 0.2) is 0 Å². The molecular weight excluding hydrogens is 274 g/mol. The quantitative estimate of drug-likeness (QED) is 0.872. The van der Waals surface area contributed by atoms with Crippen LogP contribution in [0, 0.1) is 6.92 Å². The highest BCUT2D eigenvalue weighted by Gasteiger charge is 2.24. The maximum Gasteiger partial charge on any atom is 0.101 e. The Morgan fingerprint density at radius 3 is 2.75 bits per heavy atom. The second-order valence-electron chi connectivity index (χ2n) is 5.29. The van der Waals surface area contributed by atoms with E-state index in [0.717, 1.165) is 30.0 Å². The molecule has 2 rings (SSSR count). The zero-order chi connectivity index (χ0) is 14.7. The molecule has 0 radical (unpaired) electrons. The SMILES string of the molecule is CCCNC(c1coc(C)c1)c1c(Cl)cnn1C(C)C. The first kappa shape index (κ1) is 15.1. The molecule has 1 atom stereocenters. The molecule has 0 aromatic carbocycles. The molecular formula is C15H22ClN3O. The second-order valence-corrected chi connectivity index (χ2v) is 5.70. The number of nitrogens with zero attached hydrogens (tertiary/aromatic N) is 2. The number of rotatable bonds is 6. The third-order valence-electron chi connectivity index (χ3n) is 3.23. The van der Waals surface area contributed by atoms with Crippen LogP contribution < -0.4 is 5.32 Å². The van der Waals surface area contributed by atoms with Gasteiger partial charge >= 0.3 is 0 Å². The van der Waals surface area contributed by atoms with E-state index in [-0.39, 0.29) is 12.1 Å². The van der Waals surface area contributed by atoms with E-state index in [9.17, 15) is 0 Å². The Bertz CT molecular complexity index is 559. The van der Waals surface area contributed by atoms with Gasteiger partial charge in [0.25, 0.3) is 0 Å². The molecule has 0 aliphatic carbocycles. The molecule has 1 unspecified atom stereocenters. The molecule has 2 aromatic rings. The van der Waals surface area contributed by atoms with Crippen LogP contribution in [0.3, 0.4) is 0 Å². The van der Waals surface area contributed by atoms with Crippen molar-refractivity contribution in [2.45, 2.75) is 46.2 Å². The zero-order valence-corrected chi connectivity index (χ0v) is 13.2. The van der Waals surface area contributed by atoms with Crippen molar-refractivity contribution < 1.29 is 4.42 Å². The van der Waals surface area contributed by atoms with Gasteiger partial charge in [-0.2, -0.15) is 5.10 Å². The van der Waals surface area contributed by atoms with Gasteiger partial charge in [0.1, 0.15) is 5.76 Å². The monoisotopic (exact) mass is 295 g/mol. The smallest absolute Gasteiger partial charge is 0.101 e. The second kappa shape index (κ2) is 6.46. The fourth-order valence-electron chi connectivity index (χ4n) is 2.31. The Morgan fingerprint density at radius 1 is 1.45 bits per heavy atom. The highest BCUT2D eigenvalue weighted by molar-refractivity contribution is 6.31. The average molecular weight is 296 g/mol. The standard InChI is InChI=1S/C15H22ClN3O/c1-5-6-17-14(12-7-11(4)20-9-12)15-13(16)8-18-19(15)10(2)3/h7-10,14,17H,5-6H2,1-4H3. The van der Waals surface area contributed by atoms with Crippen LogP contribution in [0.15, 0.2) is 22.9 Å². The Balaban J connectivity index is 2.43. The van der Waals surface area contributed by atoms with Gasteiger partial charge in [0, 0.05) is 11.6 Å². The molecule has 5 heteroatoms. The summed E-state index contributed by atoms with van der Waals surface area (Å²) in [6.45, 7) is 9.21. The Labute approximate surface area is 125 Å². The van der Waals surface area contributed by atoms with Gasteiger partial charge in [-0.3, -0.25) is 4.68 Å². The molecule has 2 aromatic heterocycles. The van der Waals surface area contributed by atoms with Gasteiger partial charge in [0.2, 0.25) is 0 Å². The number of aromatic nitrogens is 2. The summed E-state index contributed by atoms with van der Waals surface area (Å²) >= 11 is 6.37. The molecule has 2 heterocycles. The van der Waals surface area contributed by atoms with Crippen molar-refractivity contribution in [3.05, 3.63) is 40.6 Å². The van der Waals surface area contributed by atoms with Gasteiger partial charge in [-0.1, -0.05) is 18.5 Å². The van der Waals surface area contributed by atoms with Crippen molar-refractivity contribution in [2.75, 3.05) is 6.54 Å². The van der Waals surface area contributed by atoms with Crippen molar-refractivity contribution >= 4 is 11.6 Å². The lowest BCUT2D eigenvalue weighted by Gasteiger charge is -2.21. The van der Waals surface area contributed by atoms with Crippen molar-refractivity contribution in [1.29, 1.82) is 0 Å². The summed E-state index contributed by atoms with van der Waals surface area (Å²) in [6.07, 6.45) is 4.56. The molecule has 110 valence electrons. The predicted octanol–water partition coefficient (Wildman–Crippen LogP) is 4.11. The van der Waals surface area contributed by atoms with E-state index < -0.39 is 0 Å². The van der Waals surface area contributed by atoms with Crippen molar-refractivity contribution in [1.82, 2.24) is 15.1 Å². The molecule has 0 fully saturated rings. The van der Waals surface area contributed by atoms with E-state index in [1.54, 1.807) is 12.5 Å². The lowest BCUT2D eigenvalue weighted by atomic mass is 10.1. The molecule has 0 bridgehead atoms. The van der Waals surface area contributed by atoms with Crippen LogP contribution in [0.4, 0.5) is 0 Å². The van der Waals surface area contributed by atoms with Crippen LogP contribution in [0.25, 0.3) is 0 Å². The summed E-state index contributed by atoms with van der Waals surface area (Å²) in [5.74, 6) is 0.898. The summed E-state index contributed by atoms with van der Waals surface area (Å²) < 4.78 is 7.42. The third-order valence-corrected chi connectivity index (χ3v) is 3.52. The summed E-state index contributed by atoms with van der Waals surface area (Å²) in [5.41, 5.74) is 2.08. The average Bonchev–Trinajstić information content (AvgIpc) is 2.98. The highest BCUT2D eigenvalue weighted by atomic mass is 35.5. The molecule has 1 N–H and O–H groups in total. The minimum Gasteiger partial charge on any atom is -0.469 e. The number of furan rings is 1. The van der Waals surface area contributed by atoms with E-state index in [4.69, 9.17) is 16.0 Å². The third kappa shape index (κ3) is 3.07. The van der Waals surface area contributed by atoms with Gasteiger partial charge in [0.05, 0.1) is 29.2 Å². The zero-order valence-electron chi connectivity index (χ0n) is 12.5. The van der Waals surface area contributed by atoms with Crippen LogP contribution in [0.2, 0.25) is 5.02 Å². The topological polar surface area (TPSA) is 43.0 Å². The molecule has 0 spiro atoms. The maximum absolute atomic E-state index is 6.37. The number of hydrogen-bond donors (Lipinski definition) is 1. The first-order valence-corrected chi connectivity index (χ1v) is 7.43. The van der Waals surface area contributed by atoms with Gasteiger partial charge in [-0.25, -0.2) is 0 Å².